The summed E-state index contributed by atoms with van der Waals surface area (Å²) in [5.74, 6) is 1.73. The zero-order valence-electron chi connectivity index (χ0n) is 18.6. The number of hydrogen-bond acceptors (Lipinski definition) is 5. The van der Waals surface area contributed by atoms with Crippen LogP contribution in [0.15, 0.2) is 42.6 Å². The summed E-state index contributed by atoms with van der Waals surface area (Å²) >= 11 is 0. The molecule has 0 spiro atoms. The van der Waals surface area contributed by atoms with E-state index in [1.54, 1.807) is 13.3 Å². The van der Waals surface area contributed by atoms with Crippen molar-refractivity contribution in [1.29, 1.82) is 0 Å². The number of pyridine rings is 1. The number of likely N-dealkylation sites (tertiary alicyclic amines) is 1. The van der Waals surface area contributed by atoms with Gasteiger partial charge in [0, 0.05) is 36.6 Å². The molecular weight excluding hydrogens is 388 g/mol. The number of carbonyl (C=O) groups excluding carboxylic acids is 1. The Hall–Kier alpha value is -3.28. The number of aryl methyl sites for hydroxylation is 3. The average Bonchev–Trinajstić information content (AvgIpc) is 2.78. The van der Waals surface area contributed by atoms with Gasteiger partial charge in [-0.2, -0.15) is 0 Å². The maximum Gasteiger partial charge on any atom is 0.257 e. The van der Waals surface area contributed by atoms with E-state index in [0.717, 1.165) is 53.3 Å². The molecule has 1 fully saturated rings. The summed E-state index contributed by atoms with van der Waals surface area (Å²) in [4.78, 5) is 28.5. The van der Waals surface area contributed by atoms with Crippen LogP contribution in [0.4, 0.5) is 0 Å². The number of rotatable bonds is 4. The third-order valence-corrected chi connectivity index (χ3v) is 5.85. The summed E-state index contributed by atoms with van der Waals surface area (Å²) in [6.45, 7) is 7.13. The summed E-state index contributed by atoms with van der Waals surface area (Å²) in [5, 5.41) is 0. The van der Waals surface area contributed by atoms with Gasteiger partial charge in [-0.25, -0.2) is 9.97 Å². The normalized spacial score (nSPS) is 16.3. The zero-order chi connectivity index (χ0) is 22.0. The Morgan fingerprint density at radius 3 is 2.55 bits per heavy atom. The van der Waals surface area contributed by atoms with E-state index < -0.39 is 0 Å². The number of nitrogens with zero attached hydrogens (tertiary/aromatic N) is 4. The summed E-state index contributed by atoms with van der Waals surface area (Å²) in [5.41, 5.74) is 5.60. The minimum atomic E-state index is 0.00484. The quantitative estimate of drug-likeness (QED) is 0.627. The third kappa shape index (κ3) is 4.58. The van der Waals surface area contributed by atoms with E-state index in [4.69, 9.17) is 9.72 Å². The van der Waals surface area contributed by atoms with Crippen LogP contribution in [-0.2, 0) is 0 Å². The van der Waals surface area contributed by atoms with E-state index in [0.29, 0.717) is 17.9 Å². The number of amides is 1. The highest BCUT2D eigenvalue weighted by molar-refractivity contribution is 5.95. The molecule has 0 radical (unpaired) electrons. The molecule has 1 atom stereocenters. The van der Waals surface area contributed by atoms with Crippen molar-refractivity contribution in [3.63, 3.8) is 0 Å². The molecule has 4 rings (SSSR count). The Balaban J connectivity index is 1.57. The number of carbonyl (C=O) groups is 1. The van der Waals surface area contributed by atoms with Crippen LogP contribution in [0, 0.1) is 20.8 Å². The largest absolute Gasteiger partial charge is 0.497 e. The van der Waals surface area contributed by atoms with Crippen LogP contribution in [0.2, 0.25) is 0 Å². The molecule has 1 aliphatic heterocycles. The van der Waals surface area contributed by atoms with Crippen LogP contribution in [0.3, 0.4) is 0 Å². The van der Waals surface area contributed by atoms with Gasteiger partial charge >= 0.3 is 0 Å². The average molecular weight is 417 g/mol. The molecular formula is C25H28N4O2. The van der Waals surface area contributed by atoms with Crippen LogP contribution in [0.25, 0.3) is 11.1 Å². The molecule has 1 aromatic carbocycles. The standard InChI is InChI=1S/C25H28N4O2/c1-16-12-21(19-7-9-22(31-4)10-8-19)13-24(27-16)20-6-5-11-29(15-20)25(30)23-14-26-18(3)28-17(23)2/h7-10,12-14,20H,5-6,11,15H2,1-4H3/t20-/m1/s1. The topological polar surface area (TPSA) is 68.2 Å². The van der Waals surface area contributed by atoms with Gasteiger partial charge in [0.25, 0.3) is 5.91 Å². The van der Waals surface area contributed by atoms with Gasteiger partial charge in [0.2, 0.25) is 0 Å². The fourth-order valence-corrected chi connectivity index (χ4v) is 4.22. The van der Waals surface area contributed by atoms with Gasteiger partial charge < -0.3 is 9.64 Å². The molecule has 0 bridgehead atoms. The van der Waals surface area contributed by atoms with E-state index >= 15 is 0 Å². The van der Waals surface area contributed by atoms with E-state index in [1.165, 1.54) is 0 Å². The van der Waals surface area contributed by atoms with Crippen LogP contribution >= 0.6 is 0 Å². The summed E-state index contributed by atoms with van der Waals surface area (Å²) in [6, 6.07) is 12.3. The molecule has 2 aromatic heterocycles. The van der Waals surface area contributed by atoms with Crippen molar-refractivity contribution in [3.8, 4) is 16.9 Å². The van der Waals surface area contributed by atoms with Crippen molar-refractivity contribution >= 4 is 5.91 Å². The first-order valence-corrected chi connectivity index (χ1v) is 10.7. The smallest absolute Gasteiger partial charge is 0.257 e. The second kappa shape index (κ2) is 8.84. The van der Waals surface area contributed by atoms with Gasteiger partial charge in [-0.3, -0.25) is 9.78 Å². The van der Waals surface area contributed by atoms with Gasteiger partial charge in [0.05, 0.1) is 18.4 Å². The van der Waals surface area contributed by atoms with Crippen LogP contribution in [0.1, 0.15) is 52.0 Å². The number of aromatic nitrogens is 3. The molecule has 160 valence electrons. The maximum atomic E-state index is 13.1. The molecule has 3 heterocycles. The summed E-state index contributed by atoms with van der Waals surface area (Å²) in [6.07, 6.45) is 3.62. The van der Waals surface area contributed by atoms with Gasteiger partial charge in [-0.05, 0) is 69.0 Å². The number of piperidine rings is 1. The van der Waals surface area contributed by atoms with Crippen molar-refractivity contribution in [2.75, 3.05) is 20.2 Å². The first-order chi connectivity index (χ1) is 14.9. The molecule has 0 N–H and O–H groups in total. The zero-order valence-corrected chi connectivity index (χ0v) is 18.6. The Bertz CT molecular complexity index is 1100. The van der Waals surface area contributed by atoms with Gasteiger partial charge in [-0.1, -0.05) is 12.1 Å². The molecule has 1 aliphatic rings. The number of ether oxygens (including phenoxy) is 1. The first-order valence-electron chi connectivity index (χ1n) is 10.7. The molecule has 31 heavy (non-hydrogen) atoms. The van der Waals surface area contributed by atoms with Crippen molar-refractivity contribution in [1.82, 2.24) is 19.9 Å². The molecule has 0 saturated carbocycles. The summed E-state index contributed by atoms with van der Waals surface area (Å²) in [7, 11) is 1.67. The lowest BCUT2D eigenvalue weighted by Crippen LogP contribution is -2.39. The second-order valence-electron chi connectivity index (χ2n) is 8.16. The minimum Gasteiger partial charge on any atom is -0.497 e. The van der Waals surface area contributed by atoms with Crippen molar-refractivity contribution in [3.05, 3.63) is 71.1 Å². The lowest BCUT2D eigenvalue weighted by Gasteiger charge is -2.33. The maximum absolute atomic E-state index is 13.1. The van der Waals surface area contributed by atoms with Crippen molar-refractivity contribution in [2.45, 2.75) is 39.5 Å². The fourth-order valence-electron chi connectivity index (χ4n) is 4.22. The van der Waals surface area contributed by atoms with Gasteiger partial charge in [0.1, 0.15) is 11.6 Å². The lowest BCUT2D eigenvalue weighted by molar-refractivity contribution is 0.0704. The molecule has 0 aliphatic carbocycles. The Morgan fingerprint density at radius 2 is 1.84 bits per heavy atom. The monoisotopic (exact) mass is 416 g/mol. The lowest BCUT2D eigenvalue weighted by atomic mass is 9.92. The molecule has 6 nitrogen and oxygen atoms in total. The summed E-state index contributed by atoms with van der Waals surface area (Å²) < 4.78 is 5.27. The van der Waals surface area contributed by atoms with E-state index in [9.17, 15) is 4.79 Å². The number of hydrogen-bond donors (Lipinski definition) is 0. The Labute approximate surface area is 183 Å². The molecule has 6 heteroatoms. The third-order valence-electron chi connectivity index (χ3n) is 5.85. The van der Waals surface area contributed by atoms with Crippen LogP contribution < -0.4 is 4.74 Å². The van der Waals surface area contributed by atoms with E-state index in [2.05, 4.69) is 34.2 Å². The SMILES string of the molecule is COc1ccc(-c2cc(C)nc([C@@H]3CCCN(C(=O)c4cnc(C)nc4C)C3)c2)cc1. The minimum absolute atomic E-state index is 0.00484. The van der Waals surface area contributed by atoms with Crippen molar-refractivity contribution < 1.29 is 9.53 Å². The highest BCUT2D eigenvalue weighted by Gasteiger charge is 2.28. The van der Waals surface area contributed by atoms with Crippen LogP contribution in [0.5, 0.6) is 5.75 Å². The van der Waals surface area contributed by atoms with E-state index in [1.807, 2.05) is 37.8 Å². The first kappa shape index (κ1) is 21.0. The molecule has 0 unspecified atom stereocenters. The van der Waals surface area contributed by atoms with Crippen LogP contribution in [-0.4, -0.2) is 46.0 Å². The molecule has 1 amide bonds. The second-order valence-corrected chi connectivity index (χ2v) is 8.16. The highest BCUT2D eigenvalue weighted by atomic mass is 16.5. The predicted molar refractivity (Wildman–Crippen MR) is 120 cm³/mol. The molecule has 1 saturated heterocycles. The highest BCUT2D eigenvalue weighted by Crippen LogP contribution is 2.31. The van der Waals surface area contributed by atoms with E-state index in [-0.39, 0.29) is 11.8 Å². The number of methoxy groups -OCH3 is 1. The Kier molecular flexibility index (Phi) is 5.98. The Morgan fingerprint density at radius 1 is 1.06 bits per heavy atom. The van der Waals surface area contributed by atoms with Gasteiger partial charge in [-0.15, -0.1) is 0 Å². The van der Waals surface area contributed by atoms with Gasteiger partial charge in [0.15, 0.2) is 0 Å². The predicted octanol–water partition coefficient (Wildman–Crippen LogP) is 4.49. The number of benzene rings is 1. The fraction of sp³-hybridized carbons (Fsp3) is 0.360. The van der Waals surface area contributed by atoms with Crippen molar-refractivity contribution in [2.24, 2.45) is 0 Å². The molecule has 3 aromatic rings.